The summed E-state index contributed by atoms with van der Waals surface area (Å²) in [5.74, 6) is 0.983. The van der Waals surface area contributed by atoms with Gasteiger partial charge in [-0.25, -0.2) is 0 Å². The molecule has 1 aromatic carbocycles. The Morgan fingerprint density at radius 3 is 2.45 bits per heavy atom. The first-order valence-corrected chi connectivity index (χ1v) is 7.60. The lowest BCUT2D eigenvalue weighted by Crippen LogP contribution is -2.32. The van der Waals surface area contributed by atoms with Gasteiger partial charge in [-0.15, -0.1) is 0 Å². The average Bonchev–Trinajstić information content (AvgIpc) is 3.05. The molecule has 2 rings (SSSR count). The van der Waals surface area contributed by atoms with Gasteiger partial charge >= 0.3 is 0 Å². The molecule has 0 bridgehead atoms. The second-order valence-corrected chi connectivity index (χ2v) is 5.78. The van der Waals surface area contributed by atoms with Gasteiger partial charge in [0, 0.05) is 6.42 Å². The van der Waals surface area contributed by atoms with E-state index in [1.165, 1.54) is 6.26 Å². The molecule has 1 amide bonds. The van der Waals surface area contributed by atoms with Crippen LogP contribution in [0.5, 0.6) is 0 Å². The van der Waals surface area contributed by atoms with Gasteiger partial charge in [0.25, 0.3) is 0 Å². The van der Waals surface area contributed by atoms with Crippen LogP contribution in [0.1, 0.15) is 43.6 Å². The molecule has 1 aromatic heterocycles. The van der Waals surface area contributed by atoms with Gasteiger partial charge in [0.05, 0.1) is 12.9 Å². The Bertz CT molecular complexity index is 563. The molecule has 4 nitrogen and oxygen atoms in total. The van der Waals surface area contributed by atoms with E-state index in [1.54, 1.807) is 12.1 Å². The smallest absolute Gasteiger partial charge is 0.221 e. The van der Waals surface area contributed by atoms with Crippen molar-refractivity contribution < 1.29 is 14.3 Å². The van der Waals surface area contributed by atoms with Crippen molar-refractivity contribution in [2.24, 2.45) is 5.92 Å². The molecule has 0 fully saturated rings. The quantitative estimate of drug-likeness (QED) is 0.825. The number of aliphatic hydroxyl groups excluding tert-OH is 1. The van der Waals surface area contributed by atoms with Crippen molar-refractivity contribution in [3.63, 3.8) is 0 Å². The van der Waals surface area contributed by atoms with E-state index in [1.807, 2.05) is 30.3 Å². The highest BCUT2D eigenvalue weighted by Crippen LogP contribution is 2.28. The highest BCUT2D eigenvalue weighted by atomic mass is 16.3. The van der Waals surface area contributed by atoms with E-state index < -0.39 is 6.04 Å². The molecule has 0 radical (unpaired) electrons. The van der Waals surface area contributed by atoms with Crippen molar-refractivity contribution in [2.75, 3.05) is 6.61 Å². The van der Waals surface area contributed by atoms with Crippen LogP contribution in [0, 0.1) is 5.92 Å². The van der Waals surface area contributed by atoms with E-state index in [0.29, 0.717) is 18.1 Å². The van der Waals surface area contributed by atoms with Crippen molar-refractivity contribution in [3.8, 4) is 0 Å². The maximum atomic E-state index is 12.3. The van der Waals surface area contributed by atoms with Crippen LogP contribution in [-0.2, 0) is 4.79 Å². The minimum Gasteiger partial charge on any atom is -0.467 e. The molecule has 4 heteroatoms. The second kappa shape index (κ2) is 7.80. The van der Waals surface area contributed by atoms with Gasteiger partial charge in [-0.3, -0.25) is 4.79 Å². The lowest BCUT2D eigenvalue weighted by atomic mass is 9.85. The van der Waals surface area contributed by atoms with Gasteiger partial charge in [0.1, 0.15) is 11.8 Å². The summed E-state index contributed by atoms with van der Waals surface area (Å²) in [6, 6.07) is 13.0. The van der Waals surface area contributed by atoms with Crippen molar-refractivity contribution in [2.45, 2.75) is 32.2 Å². The van der Waals surface area contributed by atoms with Gasteiger partial charge in [-0.05, 0) is 29.5 Å². The fraction of sp³-hybridized carbons (Fsp3) is 0.389. The molecular formula is C18H23NO3. The van der Waals surface area contributed by atoms with Gasteiger partial charge < -0.3 is 14.8 Å². The summed E-state index contributed by atoms with van der Waals surface area (Å²) < 4.78 is 5.25. The highest BCUT2D eigenvalue weighted by Gasteiger charge is 2.22. The maximum absolute atomic E-state index is 12.3. The number of benzene rings is 1. The van der Waals surface area contributed by atoms with Crippen molar-refractivity contribution in [1.29, 1.82) is 0 Å². The predicted octanol–water partition coefficient (Wildman–Crippen LogP) is 3.26. The fourth-order valence-electron chi connectivity index (χ4n) is 2.59. The number of aliphatic hydroxyl groups is 1. The molecule has 2 atom stereocenters. The van der Waals surface area contributed by atoms with Crippen LogP contribution in [0.25, 0.3) is 0 Å². The van der Waals surface area contributed by atoms with Crippen LogP contribution in [0.15, 0.2) is 53.1 Å². The summed E-state index contributed by atoms with van der Waals surface area (Å²) in [4.78, 5) is 12.3. The van der Waals surface area contributed by atoms with Gasteiger partial charge in [-0.1, -0.05) is 44.2 Å². The van der Waals surface area contributed by atoms with E-state index in [-0.39, 0.29) is 18.4 Å². The molecule has 22 heavy (non-hydrogen) atoms. The number of rotatable bonds is 7. The number of furan rings is 1. The zero-order valence-corrected chi connectivity index (χ0v) is 13.0. The lowest BCUT2D eigenvalue weighted by molar-refractivity contribution is -0.123. The van der Waals surface area contributed by atoms with Gasteiger partial charge in [0.15, 0.2) is 0 Å². The molecule has 2 aromatic rings. The largest absolute Gasteiger partial charge is 0.467 e. The number of hydrogen-bond donors (Lipinski definition) is 2. The minimum absolute atomic E-state index is 0.0852. The van der Waals surface area contributed by atoms with Crippen LogP contribution in [0.2, 0.25) is 0 Å². The third-order valence-electron chi connectivity index (χ3n) is 3.84. The summed E-state index contributed by atoms with van der Waals surface area (Å²) in [6.07, 6.45) is 1.92. The Kier molecular flexibility index (Phi) is 5.78. The first-order chi connectivity index (χ1) is 10.6. The third kappa shape index (κ3) is 4.21. The van der Waals surface area contributed by atoms with Crippen molar-refractivity contribution in [1.82, 2.24) is 5.32 Å². The molecular weight excluding hydrogens is 278 g/mol. The summed E-state index contributed by atoms with van der Waals surface area (Å²) in [5, 5.41) is 12.3. The first-order valence-electron chi connectivity index (χ1n) is 7.60. The SMILES string of the molecule is CC(C)C(CC(=O)NC(CO)c1ccco1)c1ccccc1. The highest BCUT2D eigenvalue weighted by molar-refractivity contribution is 5.77. The van der Waals surface area contributed by atoms with Crippen LogP contribution in [-0.4, -0.2) is 17.6 Å². The van der Waals surface area contributed by atoms with E-state index in [0.717, 1.165) is 5.56 Å². The molecule has 1 heterocycles. The normalized spacial score (nSPS) is 13.8. The standard InChI is InChI=1S/C18H23NO3/c1-13(2)15(14-7-4-3-5-8-14)11-18(21)19-16(12-20)17-9-6-10-22-17/h3-10,13,15-16,20H,11-12H2,1-2H3,(H,19,21). The Morgan fingerprint density at radius 2 is 1.91 bits per heavy atom. The number of carbonyl (C=O) groups is 1. The number of nitrogens with one attached hydrogen (secondary N) is 1. The maximum Gasteiger partial charge on any atom is 0.221 e. The molecule has 2 N–H and O–H groups in total. The zero-order valence-electron chi connectivity index (χ0n) is 13.0. The first kappa shape index (κ1) is 16.3. The number of carbonyl (C=O) groups excluding carboxylic acids is 1. The summed E-state index contributed by atoms with van der Waals surface area (Å²) in [5.41, 5.74) is 1.16. The lowest BCUT2D eigenvalue weighted by Gasteiger charge is -2.22. The third-order valence-corrected chi connectivity index (χ3v) is 3.84. The molecule has 0 saturated heterocycles. The number of hydrogen-bond acceptors (Lipinski definition) is 3. The Labute approximate surface area is 131 Å². The average molecular weight is 301 g/mol. The summed E-state index contributed by atoms with van der Waals surface area (Å²) in [6.45, 7) is 4.04. The van der Waals surface area contributed by atoms with E-state index in [9.17, 15) is 9.90 Å². The zero-order chi connectivity index (χ0) is 15.9. The van der Waals surface area contributed by atoms with Gasteiger partial charge in [-0.2, -0.15) is 0 Å². The summed E-state index contributed by atoms with van der Waals surface area (Å²) >= 11 is 0. The topological polar surface area (TPSA) is 62.5 Å². The minimum atomic E-state index is -0.494. The number of amides is 1. The molecule has 2 unspecified atom stereocenters. The predicted molar refractivity (Wildman–Crippen MR) is 85.3 cm³/mol. The second-order valence-electron chi connectivity index (χ2n) is 5.78. The Hall–Kier alpha value is -2.07. The molecule has 0 aliphatic heterocycles. The fourth-order valence-corrected chi connectivity index (χ4v) is 2.59. The van der Waals surface area contributed by atoms with Gasteiger partial charge in [0.2, 0.25) is 5.91 Å². The molecule has 118 valence electrons. The monoisotopic (exact) mass is 301 g/mol. The van der Waals surface area contributed by atoms with E-state index in [2.05, 4.69) is 19.2 Å². The van der Waals surface area contributed by atoms with Crippen molar-refractivity contribution >= 4 is 5.91 Å². The molecule has 0 spiro atoms. The Morgan fingerprint density at radius 1 is 1.18 bits per heavy atom. The van der Waals surface area contributed by atoms with Crippen LogP contribution in [0.4, 0.5) is 0 Å². The van der Waals surface area contributed by atoms with Crippen LogP contribution < -0.4 is 5.32 Å². The summed E-state index contributed by atoms with van der Waals surface area (Å²) in [7, 11) is 0. The van der Waals surface area contributed by atoms with E-state index >= 15 is 0 Å². The van der Waals surface area contributed by atoms with Crippen LogP contribution in [0.3, 0.4) is 0 Å². The molecule has 0 saturated carbocycles. The Balaban J connectivity index is 2.02. The molecule has 0 aliphatic rings. The molecule has 0 aliphatic carbocycles. The van der Waals surface area contributed by atoms with Crippen molar-refractivity contribution in [3.05, 3.63) is 60.1 Å². The van der Waals surface area contributed by atoms with E-state index in [4.69, 9.17) is 4.42 Å². The van der Waals surface area contributed by atoms with Crippen LogP contribution >= 0.6 is 0 Å².